The Morgan fingerprint density at radius 1 is 1.28 bits per heavy atom. The number of aliphatic hydroxyl groups is 1. The van der Waals surface area contributed by atoms with Gasteiger partial charge in [0, 0.05) is 18.4 Å². The van der Waals surface area contributed by atoms with E-state index in [0.717, 1.165) is 0 Å². The average molecular weight is 256 g/mol. The van der Waals surface area contributed by atoms with Crippen LogP contribution in [0.4, 0.5) is 0 Å². The Kier molecular flexibility index (Phi) is 3.79. The van der Waals surface area contributed by atoms with Crippen molar-refractivity contribution >= 4 is 17.7 Å². The second-order valence-electron chi connectivity index (χ2n) is 5.29. The monoisotopic (exact) mass is 256 g/mol. The lowest BCUT2D eigenvalue weighted by Crippen LogP contribution is -2.32. The van der Waals surface area contributed by atoms with Crippen molar-refractivity contribution in [3.63, 3.8) is 0 Å². The van der Waals surface area contributed by atoms with Crippen LogP contribution in [-0.2, 0) is 14.4 Å². The molecule has 0 spiro atoms. The van der Waals surface area contributed by atoms with E-state index in [1.54, 1.807) is 13.8 Å². The summed E-state index contributed by atoms with van der Waals surface area (Å²) < 4.78 is 0. The van der Waals surface area contributed by atoms with Gasteiger partial charge >= 0.3 is 11.9 Å². The van der Waals surface area contributed by atoms with Crippen LogP contribution in [0, 0.1) is 11.3 Å². The van der Waals surface area contributed by atoms with E-state index in [2.05, 4.69) is 0 Å². The number of allylic oxidation sites excluding steroid dienone is 1. The lowest BCUT2D eigenvalue weighted by atomic mass is 9.73. The quantitative estimate of drug-likeness (QED) is 0.700. The van der Waals surface area contributed by atoms with Gasteiger partial charge < -0.3 is 15.3 Å². The SMILES string of the molecule is CC1(C)CC(=O)C([C@@H](CC(=O)O)C(=O)O)=C(O)C1. The molecule has 0 amide bonds. The van der Waals surface area contributed by atoms with Crippen LogP contribution in [0.3, 0.4) is 0 Å². The number of carbonyl (C=O) groups excluding carboxylic acids is 1. The maximum Gasteiger partial charge on any atom is 0.311 e. The summed E-state index contributed by atoms with van der Waals surface area (Å²) in [5, 5.41) is 27.4. The Bertz CT molecular complexity index is 432. The smallest absolute Gasteiger partial charge is 0.311 e. The topological polar surface area (TPSA) is 112 Å². The molecule has 1 aliphatic carbocycles. The van der Waals surface area contributed by atoms with Gasteiger partial charge in [-0.3, -0.25) is 14.4 Å². The number of carbonyl (C=O) groups is 3. The molecule has 1 atom stereocenters. The highest BCUT2D eigenvalue weighted by molar-refractivity contribution is 6.02. The van der Waals surface area contributed by atoms with Gasteiger partial charge in [-0.15, -0.1) is 0 Å². The third kappa shape index (κ3) is 3.09. The van der Waals surface area contributed by atoms with Gasteiger partial charge in [-0.1, -0.05) is 13.8 Å². The molecule has 3 N–H and O–H groups in total. The molecule has 1 rings (SSSR count). The van der Waals surface area contributed by atoms with Crippen LogP contribution in [0.15, 0.2) is 11.3 Å². The first-order chi connectivity index (χ1) is 8.14. The van der Waals surface area contributed by atoms with Crippen molar-refractivity contribution in [2.24, 2.45) is 11.3 Å². The first kappa shape index (κ1) is 14.2. The van der Waals surface area contributed by atoms with Gasteiger partial charge in [0.1, 0.15) is 5.76 Å². The number of hydrogen-bond acceptors (Lipinski definition) is 4. The van der Waals surface area contributed by atoms with Crippen molar-refractivity contribution < 1.29 is 29.7 Å². The third-order valence-corrected chi connectivity index (χ3v) is 2.92. The molecule has 18 heavy (non-hydrogen) atoms. The molecule has 0 radical (unpaired) electrons. The zero-order valence-corrected chi connectivity index (χ0v) is 10.3. The van der Waals surface area contributed by atoms with Gasteiger partial charge in [0.25, 0.3) is 0 Å². The lowest BCUT2D eigenvalue weighted by Gasteiger charge is -2.31. The fourth-order valence-electron chi connectivity index (χ4n) is 2.18. The van der Waals surface area contributed by atoms with E-state index in [9.17, 15) is 19.5 Å². The predicted molar refractivity (Wildman–Crippen MR) is 61.1 cm³/mol. The molecule has 0 aliphatic heterocycles. The van der Waals surface area contributed by atoms with Crippen LogP contribution in [0.5, 0.6) is 0 Å². The van der Waals surface area contributed by atoms with E-state index in [1.807, 2.05) is 0 Å². The number of carboxylic acid groups (broad SMARTS) is 2. The largest absolute Gasteiger partial charge is 0.512 e. The highest BCUT2D eigenvalue weighted by atomic mass is 16.4. The van der Waals surface area contributed by atoms with Crippen molar-refractivity contribution in [1.29, 1.82) is 0 Å². The standard InChI is InChI=1S/C12H16O6/c1-12(2)4-7(13)10(8(14)5-12)6(11(17)18)3-9(15)16/h6,13H,3-5H2,1-2H3,(H,15,16)(H,17,18)/t6-/m1/s1. The minimum Gasteiger partial charge on any atom is -0.512 e. The molecule has 0 saturated heterocycles. The Labute approximate surface area is 104 Å². The predicted octanol–water partition coefficient (Wildman–Crippen LogP) is 1.36. The first-order valence-corrected chi connectivity index (χ1v) is 5.54. The molecule has 0 aromatic rings. The maximum absolute atomic E-state index is 11.9. The average Bonchev–Trinajstić information content (AvgIpc) is 2.11. The summed E-state index contributed by atoms with van der Waals surface area (Å²) in [7, 11) is 0. The summed E-state index contributed by atoms with van der Waals surface area (Å²) >= 11 is 0. The number of aliphatic carboxylic acids is 2. The van der Waals surface area contributed by atoms with Crippen LogP contribution >= 0.6 is 0 Å². The number of Topliss-reactive ketones (excluding diaryl/α,β-unsaturated/α-hetero) is 1. The zero-order chi connectivity index (χ0) is 14.1. The molecule has 0 saturated carbocycles. The van der Waals surface area contributed by atoms with Gasteiger partial charge in [-0.25, -0.2) is 0 Å². The van der Waals surface area contributed by atoms with Crippen molar-refractivity contribution in [3.05, 3.63) is 11.3 Å². The normalized spacial score (nSPS) is 20.7. The first-order valence-electron chi connectivity index (χ1n) is 5.54. The summed E-state index contributed by atoms with van der Waals surface area (Å²) in [6, 6.07) is 0. The van der Waals surface area contributed by atoms with E-state index in [0.29, 0.717) is 0 Å². The number of aliphatic hydroxyl groups excluding tert-OH is 1. The van der Waals surface area contributed by atoms with E-state index in [1.165, 1.54) is 0 Å². The maximum atomic E-state index is 11.9. The molecular formula is C12H16O6. The van der Waals surface area contributed by atoms with Crippen LogP contribution < -0.4 is 0 Å². The van der Waals surface area contributed by atoms with Crippen LogP contribution in [0.25, 0.3) is 0 Å². The molecule has 0 heterocycles. The molecular weight excluding hydrogens is 240 g/mol. The fraction of sp³-hybridized carbons (Fsp3) is 0.583. The molecule has 6 nitrogen and oxygen atoms in total. The van der Waals surface area contributed by atoms with Crippen molar-refractivity contribution in [2.45, 2.75) is 33.1 Å². The van der Waals surface area contributed by atoms with Crippen LogP contribution in [-0.4, -0.2) is 33.0 Å². The van der Waals surface area contributed by atoms with Crippen molar-refractivity contribution in [1.82, 2.24) is 0 Å². The van der Waals surface area contributed by atoms with E-state index in [-0.39, 0.29) is 24.2 Å². The van der Waals surface area contributed by atoms with Gasteiger partial charge in [-0.2, -0.15) is 0 Å². The summed E-state index contributed by atoms with van der Waals surface area (Å²) in [5.41, 5.74) is -0.694. The third-order valence-electron chi connectivity index (χ3n) is 2.92. The Balaban J connectivity index is 3.15. The van der Waals surface area contributed by atoms with Gasteiger partial charge in [0.2, 0.25) is 0 Å². The lowest BCUT2D eigenvalue weighted by molar-refractivity contribution is -0.147. The van der Waals surface area contributed by atoms with Crippen molar-refractivity contribution in [3.8, 4) is 0 Å². The summed E-state index contributed by atoms with van der Waals surface area (Å²) in [6.45, 7) is 3.57. The second-order valence-corrected chi connectivity index (χ2v) is 5.29. The molecule has 0 aromatic carbocycles. The van der Waals surface area contributed by atoms with E-state index >= 15 is 0 Å². The number of carboxylic acids is 2. The fourth-order valence-corrected chi connectivity index (χ4v) is 2.18. The number of ketones is 1. The summed E-state index contributed by atoms with van der Waals surface area (Å²) in [6.07, 6.45) is -0.422. The van der Waals surface area contributed by atoms with Crippen molar-refractivity contribution in [2.75, 3.05) is 0 Å². The minimum atomic E-state index is -1.48. The Morgan fingerprint density at radius 3 is 2.22 bits per heavy atom. The van der Waals surface area contributed by atoms with Gasteiger partial charge in [0.15, 0.2) is 5.78 Å². The Hall–Kier alpha value is -1.85. The molecule has 0 bridgehead atoms. The van der Waals surface area contributed by atoms with Crippen LogP contribution in [0.2, 0.25) is 0 Å². The molecule has 0 aromatic heterocycles. The van der Waals surface area contributed by atoms with Crippen LogP contribution in [0.1, 0.15) is 33.1 Å². The molecule has 1 aliphatic rings. The highest BCUT2D eigenvalue weighted by Gasteiger charge is 2.39. The molecule has 100 valence electrons. The van der Waals surface area contributed by atoms with E-state index in [4.69, 9.17) is 10.2 Å². The second kappa shape index (κ2) is 4.80. The highest BCUT2D eigenvalue weighted by Crippen LogP contribution is 2.38. The Morgan fingerprint density at radius 2 is 1.83 bits per heavy atom. The number of rotatable bonds is 4. The zero-order valence-electron chi connectivity index (χ0n) is 10.3. The minimum absolute atomic E-state index is 0.107. The molecule has 6 heteroatoms. The number of hydrogen-bond donors (Lipinski definition) is 3. The summed E-state index contributed by atoms with van der Waals surface area (Å²) in [4.78, 5) is 33.5. The molecule has 0 unspecified atom stereocenters. The van der Waals surface area contributed by atoms with E-state index < -0.39 is 35.5 Å². The summed E-state index contributed by atoms with van der Waals surface area (Å²) in [5.74, 6) is -5.00. The van der Waals surface area contributed by atoms with Gasteiger partial charge in [0.05, 0.1) is 12.3 Å². The molecule has 0 fully saturated rings. The van der Waals surface area contributed by atoms with Gasteiger partial charge in [-0.05, 0) is 5.41 Å².